The third-order valence-corrected chi connectivity index (χ3v) is 8.98. The van der Waals surface area contributed by atoms with Crippen LogP contribution in [0.1, 0.15) is 47.9 Å². The Kier molecular flexibility index (Phi) is 11.0. The average Bonchev–Trinajstić information content (AvgIpc) is 3.63. The number of amides is 3. The maximum Gasteiger partial charge on any atom is 0.421 e. The maximum absolute atomic E-state index is 13.5. The van der Waals surface area contributed by atoms with Gasteiger partial charge in [0.05, 0.1) is 45.1 Å². The minimum absolute atomic E-state index is 0.116. The Bertz CT molecular complexity index is 1940. The molecule has 3 aliphatic heterocycles. The van der Waals surface area contributed by atoms with Crippen molar-refractivity contribution >= 4 is 53.1 Å². The van der Waals surface area contributed by atoms with E-state index in [4.69, 9.17) is 9.47 Å². The second-order valence-corrected chi connectivity index (χ2v) is 12.6. The number of aliphatic hydroxyl groups is 1. The van der Waals surface area contributed by atoms with Crippen LogP contribution >= 0.6 is 0 Å². The molecule has 2 aromatic carbocycles. The van der Waals surface area contributed by atoms with Crippen LogP contribution in [0.25, 0.3) is 0 Å². The van der Waals surface area contributed by atoms with E-state index in [1.165, 1.54) is 11.8 Å². The van der Waals surface area contributed by atoms with Crippen molar-refractivity contribution in [1.29, 1.82) is 0 Å². The first-order valence-electron chi connectivity index (χ1n) is 16.2. The normalized spacial score (nSPS) is 21.6. The van der Waals surface area contributed by atoms with E-state index < -0.39 is 75.7 Å². The Morgan fingerprint density at radius 3 is 1.98 bits per heavy atom. The third-order valence-electron chi connectivity index (χ3n) is 8.98. The number of guanidine groups is 1. The Labute approximate surface area is 299 Å². The molecule has 3 heterocycles. The van der Waals surface area contributed by atoms with Crippen LogP contribution in [0.2, 0.25) is 0 Å². The van der Waals surface area contributed by atoms with Crippen LogP contribution in [0.4, 0.5) is 16.2 Å². The summed E-state index contributed by atoms with van der Waals surface area (Å²) in [7, 11) is 0. The fourth-order valence-corrected chi connectivity index (χ4v) is 6.48. The van der Waals surface area contributed by atoms with E-state index in [9.17, 15) is 54.1 Å². The molecule has 0 saturated carbocycles. The minimum atomic E-state index is -1.28. The van der Waals surface area contributed by atoms with Crippen LogP contribution in [-0.4, -0.2) is 104 Å². The molecule has 0 radical (unpaired) electrons. The zero-order chi connectivity index (χ0) is 38.7. The van der Waals surface area contributed by atoms with Crippen molar-refractivity contribution < 1.29 is 53.2 Å². The highest BCUT2D eigenvalue weighted by Crippen LogP contribution is 2.47. The zero-order valence-electron chi connectivity index (χ0n) is 28.4. The second-order valence-electron chi connectivity index (χ2n) is 12.6. The number of hydrogen-bond donors (Lipinski definition) is 3. The van der Waals surface area contributed by atoms with Gasteiger partial charge in [0.2, 0.25) is 17.8 Å². The number of benzene rings is 2. The van der Waals surface area contributed by atoms with E-state index >= 15 is 0 Å². The van der Waals surface area contributed by atoms with Crippen LogP contribution in [0.3, 0.4) is 0 Å². The quantitative estimate of drug-likeness (QED) is 0.0626. The molecule has 20 heteroatoms. The van der Waals surface area contributed by atoms with Gasteiger partial charge < -0.3 is 19.5 Å². The van der Waals surface area contributed by atoms with Gasteiger partial charge in [-0.3, -0.25) is 45.4 Å². The Morgan fingerprint density at radius 1 is 0.925 bits per heavy atom. The van der Waals surface area contributed by atoms with Crippen LogP contribution in [-0.2, 0) is 23.9 Å². The summed E-state index contributed by atoms with van der Waals surface area (Å²) >= 11 is 0. The van der Waals surface area contributed by atoms with Crippen LogP contribution < -0.4 is 10.6 Å². The van der Waals surface area contributed by atoms with E-state index in [0.717, 1.165) is 55.5 Å². The molecule has 0 spiro atoms. The van der Waals surface area contributed by atoms with Gasteiger partial charge in [-0.2, -0.15) is 0 Å². The number of fused-ring (bicyclic) bond motifs is 1. The lowest BCUT2D eigenvalue weighted by atomic mass is 9.77. The second kappa shape index (κ2) is 15.5. The summed E-state index contributed by atoms with van der Waals surface area (Å²) in [5.41, 5.74) is -0.504. The zero-order valence-corrected chi connectivity index (χ0v) is 28.4. The van der Waals surface area contributed by atoms with E-state index in [-0.39, 0.29) is 47.2 Å². The lowest BCUT2D eigenvalue weighted by Crippen LogP contribution is -2.63. The molecule has 3 amide bonds. The number of carbonyl (C=O) groups excluding carboxylic acids is 6. The molecule has 0 bridgehead atoms. The number of β-lactam (4-membered cyclic amide) rings is 1. The SMILES string of the molecule is CC(=O)NC(=N[C@H]1CCN(CC2=C(C(=O)OC(=O)c3ccc([N+](=O)[O-])cc3)N3C(=O)C([C@@H](C)O)[C@H]3[C@H]2C)C1)NC(=O)OC(=O)c1ccc([N+](=O)[O-])cc1. The van der Waals surface area contributed by atoms with Crippen LogP contribution in [0, 0.1) is 32.1 Å². The van der Waals surface area contributed by atoms with E-state index in [1.54, 1.807) is 6.92 Å². The number of nitrogens with zero attached hydrogens (tertiary/aromatic N) is 5. The predicted molar refractivity (Wildman–Crippen MR) is 179 cm³/mol. The topological polar surface area (TPSA) is 270 Å². The molecule has 2 aromatic rings. The number of nitrogens with one attached hydrogen (secondary N) is 2. The number of nitro groups is 2. The van der Waals surface area contributed by atoms with Crippen molar-refractivity contribution in [3.05, 3.63) is 91.2 Å². The molecular formula is C33H33N7O13. The highest BCUT2D eigenvalue weighted by atomic mass is 16.6. The largest absolute Gasteiger partial charge is 0.421 e. The number of ether oxygens (including phenoxy) is 2. The summed E-state index contributed by atoms with van der Waals surface area (Å²) < 4.78 is 9.88. The number of nitro benzene ring substituents is 2. The molecule has 20 nitrogen and oxygen atoms in total. The molecule has 3 aliphatic rings. The van der Waals surface area contributed by atoms with Gasteiger partial charge in [-0.15, -0.1) is 0 Å². The summed E-state index contributed by atoms with van der Waals surface area (Å²) in [6, 6.07) is 7.65. The first kappa shape index (κ1) is 37.8. The van der Waals surface area contributed by atoms with Gasteiger partial charge >= 0.3 is 24.0 Å². The van der Waals surface area contributed by atoms with Gasteiger partial charge in [-0.05, 0) is 43.2 Å². The number of aliphatic hydroxyl groups excluding tert-OH is 1. The molecule has 53 heavy (non-hydrogen) atoms. The number of likely N-dealkylation sites (tertiary alicyclic amines) is 1. The lowest BCUT2D eigenvalue weighted by molar-refractivity contribution is -0.385. The number of hydrogen-bond acceptors (Lipinski definition) is 15. The number of non-ortho nitro benzene ring substituents is 2. The molecule has 1 unspecified atom stereocenters. The first-order chi connectivity index (χ1) is 25.0. The molecule has 3 N–H and O–H groups in total. The molecule has 0 aliphatic carbocycles. The molecule has 5 atom stereocenters. The number of carbonyl (C=O) groups is 6. The summed E-state index contributed by atoms with van der Waals surface area (Å²) in [5, 5.41) is 36.7. The summed E-state index contributed by atoms with van der Waals surface area (Å²) in [6.07, 6.45) is -1.90. The fourth-order valence-electron chi connectivity index (χ4n) is 6.48. The van der Waals surface area contributed by atoms with Crippen molar-refractivity contribution in [1.82, 2.24) is 20.4 Å². The highest BCUT2D eigenvalue weighted by molar-refractivity contribution is 6.07. The lowest BCUT2D eigenvalue weighted by Gasteiger charge is -2.46. The molecule has 0 aromatic heterocycles. The van der Waals surface area contributed by atoms with Gasteiger partial charge in [0.1, 0.15) is 5.70 Å². The average molecular weight is 736 g/mol. The molecule has 2 fully saturated rings. The predicted octanol–water partition coefficient (Wildman–Crippen LogP) is 1.43. The van der Waals surface area contributed by atoms with Gasteiger partial charge in [0.25, 0.3) is 11.4 Å². The van der Waals surface area contributed by atoms with Crippen molar-refractivity contribution in [2.24, 2.45) is 16.8 Å². The third kappa shape index (κ3) is 8.23. The summed E-state index contributed by atoms with van der Waals surface area (Å²) in [4.78, 5) is 104. The van der Waals surface area contributed by atoms with Gasteiger partial charge in [0.15, 0.2) is 0 Å². The number of aliphatic imine (C=N–C) groups is 1. The molecule has 278 valence electrons. The summed E-state index contributed by atoms with van der Waals surface area (Å²) in [6.45, 7) is 5.17. The van der Waals surface area contributed by atoms with Crippen molar-refractivity contribution in [2.75, 3.05) is 19.6 Å². The van der Waals surface area contributed by atoms with E-state index in [0.29, 0.717) is 18.5 Å². The number of rotatable bonds is 9. The van der Waals surface area contributed by atoms with E-state index in [2.05, 4.69) is 15.6 Å². The minimum Gasteiger partial charge on any atom is -0.393 e. The van der Waals surface area contributed by atoms with E-state index in [1.807, 2.05) is 4.90 Å². The fraction of sp³-hybridized carbons (Fsp3) is 0.364. The molecule has 5 rings (SSSR count). The first-order valence-corrected chi connectivity index (χ1v) is 16.2. The van der Waals surface area contributed by atoms with Crippen molar-refractivity contribution in [2.45, 2.75) is 45.4 Å². The van der Waals surface area contributed by atoms with Gasteiger partial charge in [-0.1, -0.05) is 6.92 Å². The number of esters is 3. The Hall–Kier alpha value is -6.41. The smallest absolute Gasteiger partial charge is 0.393 e. The molecule has 2 saturated heterocycles. The molecular weight excluding hydrogens is 702 g/mol. The van der Waals surface area contributed by atoms with Gasteiger partial charge in [0, 0.05) is 56.7 Å². The standard InChI is InChI=1S/C33H33N7O13/c1-16-24(27(38-26(16)25(17(2)41)28(38)43)31(46)52-29(44)19-4-8-22(9-5-19)39(48)49)15-37-13-12-21(14-37)35-32(34-18(3)42)36-33(47)53-30(45)20-6-10-23(11-7-20)40(50)51/h4-11,16-17,21,25-26,41H,12-15H2,1-3H3,(H2,34,35,36,42,47)/t16-,17+,21-,25?,26+/m0/s1. The Morgan fingerprint density at radius 2 is 1.47 bits per heavy atom. The van der Waals surface area contributed by atoms with Crippen LogP contribution in [0.5, 0.6) is 0 Å². The maximum atomic E-state index is 13.5. The van der Waals surface area contributed by atoms with Crippen molar-refractivity contribution in [3.63, 3.8) is 0 Å². The van der Waals surface area contributed by atoms with Gasteiger partial charge in [-0.25, -0.2) is 24.2 Å². The monoisotopic (exact) mass is 735 g/mol. The Balaban J connectivity index is 1.29. The number of alkyl carbamates (subject to hydrolysis) is 1. The summed E-state index contributed by atoms with van der Waals surface area (Å²) in [5.74, 6) is -5.98. The van der Waals surface area contributed by atoms with Crippen molar-refractivity contribution in [3.8, 4) is 0 Å². The highest BCUT2D eigenvalue weighted by Gasteiger charge is 2.60. The van der Waals surface area contributed by atoms with Crippen LogP contribution in [0.15, 0.2) is 64.8 Å².